The van der Waals surface area contributed by atoms with Gasteiger partial charge in [0.1, 0.15) is 5.75 Å². The van der Waals surface area contributed by atoms with Crippen LogP contribution in [0.1, 0.15) is 42.4 Å². The van der Waals surface area contributed by atoms with Crippen LogP contribution in [-0.2, 0) is 11.2 Å². The Hall–Kier alpha value is -2.06. The van der Waals surface area contributed by atoms with E-state index in [-0.39, 0.29) is 11.7 Å². The van der Waals surface area contributed by atoms with E-state index in [2.05, 4.69) is 49.4 Å². The zero-order valence-corrected chi connectivity index (χ0v) is 15.1. The third-order valence-corrected chi connectivity index (χ3v) is 5.55. The molecule has 2 bridgehead atoms. The summed E-state index contributed by atoms with van der Waals surface area (Å²) in [5.74, 6) is 0.967. The molecule has 0 amide bonds. The Morgan fingerprint density at radius 2 is 1.92 bits per heavy atom. The molecular weight excluding hydrogens is 308 g/mol. The topological polar surface area (TPSA) is 18.5 Å². The van der Waals surface area contributed by atoms with Crippen LogP contribution in [0.5, 0.6) is 5.75 Å². The van der Waals surface area contributed by atoms with Crippen molar-refractivity contribution in [1.29, 1.82) is 0 Å². The van der Waals surface area contributed by atoms with Crippen molar-refractivity contribution in [3.63, 3.8) is 0 Å². The summed E-state index contributed by atoms with van der Waals surface area (Å²) >= 11 is 0. The summed E-state index contributed by atoms with van der Waals surface area (Å²) < 4.78 is 12.1. The van der Waals surface area contributed by atoms with E-state index < -0.39 is 0 Å². The van der Waals surface area contributed by atoms with Gasteiger partial charge in [0.25, 0.3) is 0 Å². The van der Waals surface area contributed by atoms with E-state index in [1.165, 1.54) is 28.7 Å². The average Bonchev–Trinajstić information content (AvgIpc) is 2.62. The Bertz CT molecular complexity index is 775. The summed E-state index contributed by atoms with van der Waals surface area (Å²) in [6.45, 7) is 2.14. The minimum absolute atomic E-state index is 0.105. The highest BCUT2D eigenvalue weighted by atomic mass is 16.5. The smallest absolute Gasteiger partial charge is 0.122 e. The van der Waals surface area contributed by atoms with E-state index in [0.29, 0.717) is 0 Å². The minimum atomic E-state index is -0.105. The predicted octanol–water partition coefficient (Wildman–Crippen LogP) is 5.34. The molecule has 2 aromatic rings. The van der Waals surface area contributed by atoms with Gasteiger partial charge in [-0.05, 0) is 49.0 Å². The van der Waals surface area contributed by atoms with E-state index in [9.17, 15) is 0 Å². The summed E-state index contributed by atoms with van der Waals surface area (Å²) in [5.41, 5.74) is 5.22. The first-order valence-corrected chi connectivity index (χ1v) is 9.25. The van der Waals surface area contributed by atoms with Crippen molar-refractivity contribution in [1.82, 2.24) is 0 Å². The number of aryl methyl sites for hydroxylation is 1. The third kappa shape index (κ3) is 3.36. The second-order valence-corrected chi connectivity index (χ2v) is 7.45. The first kappa shape index (κ1) is 16.4. The van der Waals surface area contributed by atoms with Crippen LogP contribution in [-0.4, -0.2) is 18.8 Å². The lowest BCUT2D eigenvalue weighted by Gasteiger charge is -2.45. The van der Waals surface area contributed by atoms with Gasteiger partial charge in [-0.25, -0.2) is 0 Å². The molecule has 0 aromatic heterocycles. The maximum absolute atomic E-state index is 6.56. The van der Waals surface area contributed by atoms with Crippen LogP contribution in [0.2, 0.25) is 0 Å². The Morgan fingerprint density at radius 1 is 1.12 bits per heavy atom. The Balaban J connectivity index is 1.65. The molecule has 2 heterocycles. The quantitative estimate of drug-likeness (QED) is 0.751. The molecular formula is C23H26O2. The van der Waals surface area contributed by atoms with Crippen LogP contribution >= 0.6 is 0 Å². The molecule has 0 radical (unpaired) electrons. The van der Waals surface area contributed by atoms with Gasteiger partial charge in [0.2, 0.25) is 0 Å². The molecule has 130 valence electrons. The van der Waals surface area contributed by atoms with Crippen molar-refractivity contribution in [2.45, 2.75) is 50.7 Å². The van der Waals surface area contributed by atoms with E-state index >= 15 is 0 Å². The fourth-order valence-electron chi connectivity index (χ4n) is 4.30. The zero-order chi connectivity index (χ0) is 17.3. The highest BCUT2D eigenvalue weighted by Crippen LogP contribution is 2.44. The molecule has 2 aliphatic heterocycles. The molecule has 2 aromatic carbocycles. The van der Waals surface area contributed by atoms with E-state index in [4.69, 9.17) is 9.47 Å². The number of methoxy groups -OCH3 is 1. The summed E-state index contributed by atoms with van der Waals surface area (Å²) in [5, 5.41) is 0. The molecule has 2 heteroatoms. The number of hydrogen-bond acceptors (Lipinski definition) is 2. The van der Waals surface area contributed by atoms with Crippen molar-refractivity contribution in [3.8, 4) is 5.75 Å². The first-order chi connectivity index (χ1) is 12.2. The molecule has 1 fully saturated rings. The standard InChI is InChI=1S/C23H26O2/c1-17-9-11-18(12-10-17)20-14-21-7-5-13-23(16-20,25-21)15-19-6-3-4-8-22(19)24-2/h3-4,6,8-12,14,21H,5,7,13,15-16H2,1-2H3/t21-,23-/m0/s1. The van der Waals surface area contributed by atoms with Crippen molar-refractivity contribution in [3.05, 3.63) is 71.3 Å². The summed E-state index contributed by atoms with van der Waals surface area (Å²) in [6, 6.07) is 17.2. The van der Waals surface area contributed by atoms with E-state index in [0.717, 1.165) is 31.4 Å². The number of hydrogen-bond donors (Lipinski definition) is 0. The van der Waals surface area contributed by atoms with E-state index in [1.54, 1.807) is 7.11 Å². The third-order valence-electron chi connectivity index (χ3n) is 5.55. The first-order valence-electron chi connectivity index (χ1n) is 9.25. The second-order valence-electron chi connectivity index (χ2n) is 7.45. The van der Waals surface area contributed by atoms with Crippen LogP contribution < -0.4 is 4.74 Å². The van der Waals surface area contributed by atoms with Crippen LogP contribution in [0.4, 0.5) is 0 Å². The molecule has 0 saturated carbocycles. The second kappa shape index (κ2) is 6.68. The maximum atomic E-state index is 6.56. The van der Waals surface area contributed by atoms with Gasteiger partial charge in [-0.15, -0.1) is 0 Å². The predicted molar refractivity (Wildman–Crippen MR) is 102 cm³/mol. The molecule has 1 saturated heterocycles. The lowest BCUT2D eigenvalue weighted by atomic mass is 9.76. The van der Waals surface area contributed by atoms with Crippen molar-refractivity contribution in [2.75, 3.05) is 7.11 Å². The van der Waals surface area contributed by atoms with Crippen LogP contribution in [0.15, 0.2) is 54.6 Å². The Morgan fingerprint density at radius 3 is 2.72 bits per heavy atom. The normalized spacial score (nSPS) is 25.4. The fraction of sp³-hybridized carbons (Fsp3) is 0.391. The van der Waals surface area contributed by atoms with Crippen LogP contribution in [0, 0.1) is 6.92 Å². The SMILES string of the molecule is COc1ccccc1C[C@@]12CCC[C@@H](C=C(c3ccc(C)cc3)C1)O2. The van der Waals surface area contributed by atoms with Crippen molar-refractivity contribution in [2.24, 2.45) is 0 Å². The number of para-hydroxylation sites is 1. The monoisotopic (exact) mass is 334 g/mol. The molecule has 0 unspecified atom stereocenters. The van der Waals surface area contributed by atoms with Gasteiger partial charge < -0.3 is 9.47 Å². The largest absolute Gasteiger partial charge is 0.496 e. The van der Waals surface area contributed by atoms with Gasteiger partial charge in [0, 0.05) is 12.8 Å². The lowest BCUT2D eigenvalue weighted by Crippen LogP contribution is -2.45. The minimum Gasteiger partial charge on any atom is -0.496 e. The molecule has 0 N–H and O–H groups in total. The van der Waals surface area contributed by atoms with Gasteiger partial charge >= 0.3 is 0 Å². The highest BCUT2D eigenvalue weighted by Gasteiger charge is 2.41. The summed E-state index contributed by atoms with van der Waals surface area (Å²) in [4.78, 5) is 0. The average molecular weight is 334 g/mol. The van der Waals surface area contributed by atoms with Gasteiger partial charge in [0.15, 0.2) is 0 Å². The zero-order valence-electron chi connectivity index (χ0n) is 15.1. The van der Waals surface area contributed by atoms with E-state index in [1.807, 2.05) is 12.1 Å². The maximum Gasteiger partial charge on any atom is 0.122 e. The number of benzene rings is 2. The van der Waals surface area contributed by atoms with Crippen molar-refractivity contribution < 1.29 is 9.47 Å². The molecule has 0 aliphatic carbocycles. The van der Waals surface area contributed by atoms with Crippen molar-refractivity contribution >= 4 is 5.57 Å². The van der Waals surface area contributed by atoms with Crippen LogP contribution in [0.25, 0.3) is 5.57 Å². The Kier molecular flexibility index (Phi) is 4.39. The molecule has 25 heavy (non-hydrogen) atoms. The van der Waals surface area contributed by atoms with Gasteiger partial charge in [-0.2, -0.15) is 0 Å². The van der Waals surface area contributed by atoms with Gasteiger partial charge in [-0.1, -0.05) is 54.1 Å². The Labute approximate surface area is 150 Å². The summed E-state index contributed by atoms with van der Waals surface area (Å²) in [6.07, 6.45) is 7.96. The van der Waals surface area contributed by atoms with Gasteiger partial charge in [-0.3, -0.25) is 0 Å². The number of fused-ring (bicyclic) bond motifs is 2. The molecule has 2 nitrogen and oxygen atoms in total. The fourth-order valence-corrected chi connectivity index (χ4v) is 4.30. The highest BCUT2D eigenvalue weighted by molar-refractivity contribution is 5.68. The van der Waals surface area contributed by atoms with Crippen LogP contribution in [0.3, 0.4) is 0 Å². The number of rotatable bonds is 4. The van der Waals surface area contributed by atoms with Gasteiger partial charge in [0.05, 0.1) is 18.8 Å². The number of ether oxygens (including phenoxy) is 2. The molecule has 2 aliphatic rings. The molecule has 4 rings (SSSR count). The summed E-state index contributed by atoms with van der Waals surface area (Å²) in [7, 11) is 1.75. The lowest BCUT2D eigenvalue weighted by molar-refractivity contribution is -0.113. The molecule has 2 atom stereocenters. The molecule has 0 spiro atoms.